The molecule has 0 saturated carbocycles. The fourth-order valence-corrected chi connectivity index (χ4v) is 2.89. The molecule has 0 N–H and O–H groups in total. The van der Waals surface area contributed by atoms with Gasteiger partial charge >= 0.3 is 5.97 Å². The summed E-state index contributed by atoms with van der Waals surface area (Å²) >= 11 is 0. The molecule has 150 valence electrons. The third kappa shape index (κ3) is 4.79. The van der Waals surface area contributed by atoms with E-state index in [0.29, 0.717) is 31.9 Å². The molecule has 1 aromatic rings. The molecule has 1 fully saturated rings. The molecule has 0 amide bonds. The second-order valence-electron chi connectivity index (χ2n) is 5.93. The first kappa shape index (κ1) is 20.7. The summed E-state index contributed by atoms with van der Waals surface area (Å²) in [4.78, 5) is 25.8. The van der Waals surface area contributed by atoms with Crippen LogP contribution in [0.5, 0.6) is 5.75 Å². The molecule has 1 atom stereocenters. The summed E-state index contributed by atoms with van der Waals surface area (Å²) in [6, 6.07) is 2.46. The Labute approximate surface area is 153 Å². The van der Waals surface area contributed by atoms with Gasteiger partial charge in [-0.2, -0.15) is 0 Å². The predicted molar refractivity (Wildman–Crippen MR) is 90.5 cm³/mol. The Bertz CT molecular complexity index is 696. The van der Waals surface area contributed by atoms with Crippen LogP contribution in [0.2, 0.25) is 0 Å². The highest BCUT2D eigenvalue weighted by molar-refractivity contribution is 5.95. The molecule has 1 aliphatic heterocycles. The quantitative estimate of drug-likeness (QED) is 0.400. The van der Waals surface area contributed by atoms with Gasteiger partial charge in [0.1, 0.15) is 11.3 Å². The van der Waals surface area contributed by atoms with Crippen molar-refractivity contribution in [2.45, 2.75) is 12.6 Å². The maximum absolute atomic E-state index is 13.2. The first-order chi connectivity index (χ1) is 12.8. The van der Waals surface area contributed by atoms with E-state index in [1.807, 2.05) is 0 Å². The van der Waals surface area contributed by atoms with Crippen LogP contribution < -0.4 is 9.64 Å². The van der Waals surface area contributed by atoms with Crippen molar-refractivity contribution in [2.75, 3.05) is 51.8 Å². The molecule has 1 aromatic carbocycles. The van der Waals surface area contributed by atoms with Crippen molar-refractivity contribution in [1.82, 2.24) is 4.90 Å². The fourth-order valence-electron chi connectivity index (χ4n) is 2.89. The van der Waals surface area contributed by atoms with Crippen molar-refractivity contribution in [2.24, 2.45) is 0 Å². The van der Waals surface area contributed by atoms with Gasteiger partial charge in [0.25, 0.3) is 12.1 Å². The summed E-state index contributed by atoms with van der Waals surface area (Å²) in [5, 5.41) is 11.3. The van der Waals surface area contributed by atoms with Crippen molar-refractivity contribution in [1.29, 1.82) is 0 Å². The predicted octanol–water partition coefficient (Wildman–Crippen LogP) is 2.12. The average Bonchev–Trinajstić information content (AvgIpc) is 2.66. The van der Waals surface area contributed by atoms with E-state index in [4.69, 9.17) is 4.74 Å². The number of esters is 1. The zero-order chi connectivity index (χ0) is 20.1. The molecular formula is C16H20F3N3O5. The van der Waals surface area contributed by atoms with Crippen molar-refractivity contribution in [3.8, 4) is 5.75 Å². The molecule has 0 radical (unpaired) electrons. The van der Waals surface area contributed by atoms with Crippen molar-refractivity contribution < 1.29 is 32.4 Å². The molecule has 1 unspecified atom stereocenters. The molecular weight excluding hydrogens is 371 g/mol. The Morgan fingerprint density at radius 2 is 1.85 bits per heavy atom. The summed E-state index contributed by atoms with van der Waals surface area (Å²) in [5.41, 5.74) is -0.275. The number of benzene rings is 1. The first-order valence-corrected chi connectivity index (χ1v) is 8.12. The number of hydrogen-bond acceptors (Lipinski definition) is 7. The smallest absolute Gasteiger partial charge is 0.345 e. The molecule has 0 aromatic heterocycles. The number of hydrogen-bond donors (Lipinski definition) is 0. The monoisotopic (exact) mass is 391 g/mol. The third-order valence-electron chi connectivity index (χ3n) is 4.32. The summed E-state index contributed by atoms with van der Waals surface area (Å²) in [6.45, 7) is 0.915. The Kier molecular flexibility index (Phi) is 6.83. The zero-order valence-electron chi connectivity index (χ0n) is 14.9. The van der Waals surface area contributed by atoms with Crippen LogP contribution in [0.1, 0.15) is 10.4 Å². The Balaban J connectivity index is 2.22. The van der Waals surface area contributed by atoms with Gasteiger partial charge in [-0.15, -0.1) is 0 Å². The second-order valence-corrected chi connectivity index (χ2v) is 5.93. The van der Waals surface area contributed by atoms with Gasteiger partial charge in [-0.3, -0.25) is 15.0 Å². The van der Waals surface area contributed by atoms with E-state index in [9.17, 15) is 28.1 Å². The number of rotatable bonds is 7. The normalized spacial score (nSPS) is 16.3. The lowest BCUT2D eigenvalue weighted by atomic mass is 10.1. The zero-order valence-corrected chi connectivity index (χ0v) is 14.9. The van der Waals surface area contributed by atoms with E-state index in [1.165, 1.54) is 19.2 Å². The number of carbonyl (C=O) groups excluding carboxylic acids is 1. The molecule has 27 heavy (non-hydrogen) atoms. The average molecular weight is 391 g/mol. The highest BCUT2D eigenvalue weighted by Gasteiger charge is 2.29. The van der Waals surface area contributed by atoms with Gasteiger partial charge < -0.3 is 14.4 Å². The molecule has 0 aliphatic carbocycles. The lowest BCUT2D eigenvalue weighted by molar-refractivity contribution is -0.385. The van der Waals surface area contributed by atoms with Crippen LogP contribution in [0.3, 0.4) is 0 Å². The van der Waals surface area contributed by atoms with Crippen molar-refractivity contribution >= 4 is 17.3 Å². The van der Waals surface area contributed by atoms with Gasteiger partial charge in [0.15, 0.2) is 6.17 Å². The van der Waals surface area contributed by atoms with E-state index >= 15 is 0 Å². The van der Waals surface area contributed by atoms with E-state index in [0.717, 1.165) is 7.11 Å². The molecule has 1 aliphatic rings. The van der Waals surface area contributed by atoms with Crippen LogP contribution in [-0.2, 0) is 4.74 Å². The van der Waals surface area contributed by atoms with E-state index in [1.54, 1.807) is 9.80 Å². The molecule has 8 nitrogen and oxygen atoms in total. The largest absolute Gasteiger partial charge is 0.495 e. The molecule has 0 bridgehead atoms. The molecule has 0 spiro atoms. The minimum Gasteiger partial charge on any atom is -0.495 e. The molecule has 2 rings (SSSR count). The SMILES string of the molecule is COC(=O)c1cc(OC)c(N2CCN(CC(F)C(F)F)CC2)cc1[N+](=O)[O-]. The van der Waals surface area contributed by atoms with Gasteiger partial charge in [-0.1, -0.05) is 0 Å². The third-order valence-corrected chi connectivity index (χ3v) is 4.32. The van der Waals surface area contributed by atoms with E-state index in [-0.39, 0.29) is 17.9 Å². The highest BCUT2D eigenvalue weighted by Crippen LogP contribution is 2.36. The number of halogens is 3. The number of nitrogens with zero attached hydrogens (tertiary/aromatic N) is 3. The van der Waals surface area contributed by atoms with Gasteiger partial charge in [-0.25, -0.2) is 18.0 Å². The van der Waals surface area contributed by atoms with Crippen LogP contribution in [0.4, 0.5) is 24.5 Å². The Morgan fingerprint density at radius 3 is 2.33 bits per heavy atom. The minimum atomic E-state index is -3.03. The van der Waals surface area contributed by atoms with Gasteiger partial charge in [-0.05, 0) is 0 Å². The number of nitro groups is 1. The topological polar surface area (TPSA) is 85.2 Å². The maximum atomic E-state index is 13.2. The lowest BCUT2D eigenvalue weighted by Gasteiger charge is -2.37. The summed E-state index contributed by atoms with van der Waals surface area (Å²) in [5.74, 6) is -0.622. The summed E-state index contributed by atoms with van der Waals surface area (Å²) in [7, 11) is 2.47. The van der Waals surface area contributed by atoms with E-state index < -0.39 is 29.2 Å². The van der Waals surface area contributed by atoms with Gasteiger partial charge in [0.05, 0.1) is 24.8 Å². The number of piperazine rings is 1. The van der Waals surface area contributed by atoms with Crippen molar-refractivity contribution in [3.63, 3.8) is 0 Å². The van der Waals surface area contributed by atoms with Crippen molar-refractivity contribution in [3.05, 3.63) is 27.8 Å². The van der Waals surface area contributed by atoms with E-state index in [2.05, 4.69) is 4.74 Å². The van der Waals surface area contributed by atoms with Gasteiger partial charge in [0, 0.05) is 44.9 Å². The van der Waals surface area contributed by atoms with Crippen LogP contribution >= 0.6 is 0 Å². The molecule has 1 saturated heterocycles. The second kappa shape index (κ2) is 8.89. The van der Waals surface area contributed by atoms with Crippen LogP contribution in [0, 0.1) is 10.1 Å². The standard InChI is InChI=1S/C16H20F3N3O5/c1-26-14-7-10(16(23)27-2)12(22(24)25)8-13(14)21-5-3-20(4-6-21)9-11(17)15(18)19/h7-8,11,15H,3-6,9H2,1-2H3. The molecule has 1 heterocycles. The minimum absolute atomic E-state index is 0.237. The van der Waals surface area contributed by atoms with Crippen LogP contribution in [0.25, 0.3) is 0 Å². The highest BCUT2D eigenvalue weighted by atomic mass is 19.3. The van der Waals surface area contributed by atoms with Gasteiger partial charge in [0.2, 0.25) is 0 Å². The van der Waals surface area contributed by atoms with Crippen LogP contribution in [0.15, 0.2) is 12.1 Å². The Hall–Kier alpha value is -2.56. The molecule has 11 heteroatoms. The number of anilines is 1. The number of ether oxygens (including phenoxy) is 2. The fraction of sp³-hybridized carbons (Fsp3) is 0.562. The first-order valence-electron chi connectivity index (χ1n) is 8.12. The number of carbonyl (C=O) groups is 1. The Morgan fingerprint density at radius 1 is 1.22 bits per heavy atom. The summed E-state index contributed by atoms with van der Waals surface area (Å²) < 4.78 is 47.7. The lowest BCUT2D eigenvalue weighted by Crippen LogP contribution is -2.49. The maximum Gasteiger partial charge on any atom is 0.345 e. The number of methoxy groups -OCH3 is 2. The number of alkyl halides is 3. The summed E-state index contributed by atoms with van der Waals surface area (Å²) in [6.07, 6.45) is -5.25. The number of nitro benzene ring substituents is 1. The van der Waals surface area contributed by atoms with Crippen LogP contribution in [-0.4, -0.2) is 75.3 Å².